The summed E-state index contributed by atoms with van der Waals surface area (Å²) in [6.07, 6.45) is 0.712. The van der Waals surface area contributed by atoms with Crippen molar-refractivity contribution < 1.29 is 14.3 Å². The van der Waals surface area contributed by atoms with Gasteiger partial charge in [-0.2, -0.15) is 0 Å². The number of hydrogen-bond donors (Lipinski definition) is 1. The summed E-state index contributed by atoms with van der Waals surface area (Å²) >= 11 is 1.37. The molecule has 0 aliphatic heterocycles. The number of thioether (sulfide) groups is 1. The molecule has 0 unspecified atom stereocenters. The van der Waals surface area contributed by atoms with E-state index < -0.39 is 0 Å². The molecule has 0 bridgehead atoms. The molecule has 1 amide bonds. The fourth-order valence-corrected chi connectivity index (χ4v) is 3.37. The zero-order chi connectivity index (χ0) is 19.1. The fraction of sp³-hybridized carbons (Fsp3) is 0.421. The number of methoxy groups -OCH3 is 2. The van der Waals surface area contributed by atoms with Crippen molar-refractivity contribution in [2.45, 2.75) is 37.6 Å². The minimum atomic E-state index is -0.262. The fourth-order valence-electron chi connectivity index (χ4n) is 2.47. The molecule has 1 N–H and O–H groups in total. The first kappa shape index (κ1) is 20.0. The zero-order valence-corrected chi connectivity index (χ0v) is 16.6. The molecule has 1 aromatic heterocycles. The molecular weight excluding hydrogens is 350 g/mol. The van der Waals surface area contributed by atoms with Crippen molar-refractivity contribution >= 4 is 17.7 Å². The third-order valence-corrected chi connectivity index (χ3v) is 4.74. The molecular formula is C19H25N3O3S. The number of nitrogens with zero attached hydrogens (tertiary/aromatic N) is 2. The number of rotatable bonds is 8. The van der Waals surface area contributed by atoms with Gasteiger partial charge in [0, 0.05) is 17.9 Å². The molecule has 2 aromatic rings. The lowest BCUT2D eigenvalue weighted by Gasteiger charge is -2.13. The van der Waals surface area contributed by atoms with Crippen LogP contribution in [0.2, 0.25) is 0 Å². The Balaban J connectivity index is 1.86. The van der Waals surface area contributed by atoms with E-state index in [4.69, 9.17) is 9.47 Å². The van der Waals surface area contributed by atoms with Crippen molar-refractivity contribution in [2.75, 3.05) is 20.8 Å². The molecule has 0 radical (unpaired) electrons. The van der Waals surface area contributed by atoms with Crippen molar-refractivity contribution in [1.82, 2.24) is 15.3 Å². The van der Waals surface area contributed by atoms with Gasteiger partial charge >= 0.3 is 0 Å². The van der Waals surface area contributed by atoms with Gasteiger partial charge in [0.15, 0.2) is 16.7 Å². The number of benzene rings is 1. The maximum atomic E-state index is 12.3. The second-order valence-corrected chi connectivity index (χ2v) is 7.23. The van der Waals surface area contributed by atoms with Crippen LogP contribution >= 0.6 is 11.8 Å². The van der Waals surface area contributed by atoms with E-state index in [0.717, 1.165) is 17.0 Å². The van der Waals surface area contributed by atoms with Crippen molar-refractivity contribution in [3.63, 3.8) is 0 Å². The number of aromatic nitrogens is 2. The van der Waals surface area contributed by atoms with E-state index in [-0.39, 0.29) is 11.2 Å². The Morgan fingerprint density at radius 2 is 1.77 bits per heavy atom. The van der Waals surface area contributed by atoms with Gasteiger partial charge in [0.25, 0.3) is 0 Å². The SMILES string of the molecule is COc1ccc(CCNC(=O)[C@@H](C)Sc2nc(C)cc(C)n2)cc1OC. The molecule has 26 heavy (non-hydrogen) atoms. The van der Waals surface area contributed by atoms with Crippen molar-refractivity contribution in [3.8, 4) is 11.5 Å². The summed E-state index contributed by atoms with van der Waals surface area (Å²) in [7, 11) is 3.22. The normalized spacial score (nSPS) is 11.7. The quantitative estimate of drug-likeness (QED) is 0.565. The molecule has 0 aliphatic rings. The predicted octanol–water partition coefficient (Wildman–Crippen LogP) is 2.95. The van der Waals surface area contributed by atoms with Gasteiger partial charge in [0.2, 0.25) is 5.91 Å². The highest BCUT2D eigenvalue weighted by atomic mass is 32.2. The lowest BCUT2D eigenvalue weighted by molar-refractivity contribution is -0.120. The first-order valence-electron chi connectivity index (χ1n) is 8.40. The van der Waals surface area contributed by atoms with E-state index in [9.17, 15) is 4.79 Å². The van der Waals surface area contributed by atoms with Crippen molar-refractivity contribution in [3.05, 3.63) is 41.2 Å². The van der Waals surface area contributed by atoms with Gasteiger partial charge in [-0.05, 0) is 51.0 Å². The highest BCUT2D eigenvalue weighted by molar-refractivity contribution is 8.00. The summed E-state index contributed by atoms with van der Waals surface area (Å²) in [6.45, 7) is 6.25. The molecule has 0 spiro atoms. The standard InChI is InChI=1S/C19H25N3O3S/c1-12-10-13(2)22-19(21-12)26-14(3)18(23)20-9-8-15-6-7-16(24-4)17(11-15)25-5/h6-7,10-11,14H,8-9H2,1-5H3,(H,20,23)/t14-/m1/s1. The molecule has 140 valence electrons. The first-order chi connectivity index (χ1) is 12.4. The summed E-state index contributed by atoms with van der Waals surface area (Å²) in [6, 6.07) is 7.67. The van der Waals surface area contributed by atoms with Gasteiger partial charge in [-0.25, -0.2) is 9.97 Å². The minimum absolute atomic E-state index is 0.0294. The highest BCUT2D eigenvalue weighted by Gasteiger charge is 2.16. The molecule has 2 rings (SSSR count). The van der Waals surface area contributed by atoms with E-state index in [1.54, 1.807) is 14.2 Å². The minimum Gasteiger partial charge on any atom is -0.493 e. The van der Waals surface area contributed by atoms with Crippen LogP contribution in [0.5, 0.6) is 11.5 Å². The van der Waals surface area contributed by atoms with Crippen LogP contribution in [-0.4, -0.2) is 41.9 Å². The topological polar surface area (TPSA) is 73.3 Å². The van der Waals surface area contributed by atoms with Crippen LogP contribution in [0.4, 0.5) is 0 Å². The molecule has 1 aromatic carbocycles. The van der Waals surface area contributed by atoms with Gasteiger partial charge in [-0.15, -0.1) is 0 Å². The molecule has 7 heteroatoms. The second kappa shape index (κ2) is 9.43. The third kappa shape index (κ3) is 5.62. The van der Waals surface area contributed by atoms with Gasteiger partial charge in [0.05, 0.1) is 19.5 Å². The Bertz CT molecular complexity index is 747. The summed E-state index contributed by atoms with van der Waals surface area (Å²) in [5.74, 6) is 1.35. The van der Waals surface area contributed by atoms with Crippen LogP contribution in [0.3, 0.4) is 0 Å². The van der Waals surface area contributed by atoms with Crippen LogP contribution in [-0.2, 0) is 11.2 Å². The molecule has 1 heterocycles. The van der Waals surface area contributed by atoms with Gasteiger partial charge in [-0.3, -0.25) is 4.79 Å². The van der Waals surface area contributed by atoms with E-state index in [1.807, 2.05) is 45.0 Å². The van der Waals surface area contributed by atoms with Crippen LogP contribution in [0, 0.1) is 13.8 Å². The largest absolute Gasteiger partial charge is 0.493 e. The van der Waals surface area contributed by atoms with Crippen LogP contribution in [0.1, 0.15) is 23.9 Å². The number of amides is 1. The Morgan fingerprint density at radius 1 is 1.12 bits per heavy atom. The number of carbonyl (C=O) groups is 1. The van der Waals surface area contributed by atoms with Crippen molar-refractivity contribution in [2.24, 2.45) is 0 Å². The Hall–Kier alpha value is -2.28. The zero-order valence-electron chi connectivity index (χ0n) is 15.8. The third-order valence-electron chi connectivity index (χ3n) is 3.77. The molecule has 0 saturated heterocycles. The molecule has 1 atom stereocenters. The smallest absolute Gasteiger partial charge is 0.233 e. The van der Waals surface area contributed by atoms with Gasteiger partial charge < -0.3 is 14.8 Å². The van der Waals surface area contributed by atoms with Crippen LogP contribution < -0.4 is 14.8 Å². The predicted molar refractivity (Wildman–Crippen MR) is 103 cm³/mol. The molecule has 0 fully saturated rings. The average molecular weight is 375 g/mol. The number of ether oxygens (including phenoxy) is 2. The van der Waals surface area contributed by atoms with Gasteiger partial charge in [0.1, 0.15) is 0 Å². The molecule has 0 saturated carbocycles. The number of carbonyl (C=O) groups excluding carboxylic acids is 1. The first-order valence-corrected chi connectivity index (χ1v) is 9.28. The average Bonchev–Trinajstić information content (AvgIpc) is 2.60. The van der Waals surface area contributed by atoms with Crippen molar-refractivity contribution in [1.29, 1.82) is 0 Å². The Morgan fingerprint density at radius 3 is 2.38 bits per heavy atom. The monoisotopic (exact) mass is 375 g/mol. The number of hydrogen-bond acceptors (Lipinski definition) is 6. The Kier molecular flexibility index (Phi) is 7.26. The highest BCUT2D eigenvalue weighted by Crippen LogP contribution is 2.27. The summed E-state index contributed by atoms with van der Waals surface area (Å²) in [5, 5.41) is 3.33. The molecule has 0 aliphatic carbocycles. The van der Waals surface area contributed by atoms with E-state index >= 15 is 0 Å². The van der Waals surface area contributed by atoms with E-state index in [2.05, 4.69) is 15.3 Å². The summed E-state index contributed by atoms with van der Waals surface area (Å²) in [4.78, 5) is 21.0. The maximum Gasteiger partial charge on any atom is 0.233 e. The van der Waals surface area contributed by atoms with Gasteiger partial charge in [-0.1, -0.05) is 17.8 Å². The molecule has 6 nitrogen and oxygen atoms in total. The lowest BCUT2D eigenvalue weighted by atomic mass is 10.1. The summed E-state index contributed by atoms with van der Waals surface area (Å²) < 4.78 is 10.5. The number of aryl methyl sites for hydroxylation is 2. The second-order valence-electron chi connectivity index (χ2n) is 5.92. The van der Waals surface area contributed by atoms with Crippen LogP contribution in [0.15, 0.2) is 29.4 Å². The maximum absolute atomic E-state index is 12.3. The van der Waals surface area contributed by atoms with E-state index in [0.29, 0.717) is 29.6 Å². The number of nitrogens with one attached hydrogen (secondary N) is 1. The lowest BCUT2D eigenvalue weighted by Crippen LogP contribution is -2.32. The van der Waals surface area contributed by atoms with Crippen LogP contribution in [0.25, 0.3) is 0 Å². The summed E-state index contributed by atoms with van der Waals surface area (Å²) in [5.41, 5.74) is 2.88. The van der Waals surface area contributed by atoms with E-state index in [1.165, 1.54) is 11.8 Å². The Labute approximate surface area is 158 Å².